The van der Waals surface area contributed by atoms with Gasteiger partial charge >= 0.3 is 0 Å². The summed E-state index contributed by atoms with van der Waals surface area (Å²) in [6.45, 7) is 8.15. The zero-order valence-electron chi connectivity index (χ0n) is 13.9. The van der Waals surface area contributed by atoms with E-state index in [0.717, 1.165) is 5.52 Å². The van der Waals surface area contributed by atoms with Crippen LogP contribution in [0.1, 0.15) is 38.3 Å². The number of H-pyrrole nitrogens is 1. The lowest BCUT2D eigenvalue weighted by Gasteiger charge is -2.28. The van der Waals surface area contributed by atoms with Crippen molar-refractivity contribution in [3.8, 4) is 0 Å². The second kappa shape index (κ2) is 6.97. The number of aliphatic hydroxyl groups is 1. The predicted molar refractivity (Wildman–Crippen MR) is 89.9 cm³/mol. The smallest absolute Gasteiger partial charge is 0.223 e. The van der Waals surface area contributed by atoms with E-state index in [2.05, 4.69) is 24.0 Å². The molecular weight excluding hydrogens is 276 g/mol. The molecule has 2 aromatic rings. The third kappa shape index (κ3) is 3.69. The Morgan fingerprint density at radius 1 is 1.32 bits per heavy atom. The van der Waals surface area contributed by atoms with Gasteiger partial charge in [-0.15, -0.1) is 0 Å². The minimum Gasteiger partial charge on any atom is -0.392 e. The molecule has 1 unspecified atom stereocenters. The standard InChI is InChI=1S/C18H26N2O2/c1-12(2)20(11-14(4)21)17(22)9-8-15-10-19-18-13(3)6-5-7-16(15)18/h5-7,10,12,14,19,21H,8-9,11H2,1-4H3. The van der Waals surface area contributed by atoms with E-state index in [0.29, 0.717) is 19.4 Å². The third-order valence-electron chi connectivity index (χ3n) is 4.02. The van der Waals surface area contributed by atoms with Gasteiger partial charge in [0.15, 0.2) is 0 Å². The first kappa shape index (κ1) is 16.6. The van der Waals surface area contributed by atoms with Crippen LogP contribution in [-0.4, -0.2) is 39.6 Å². The molecule has 4 heteroatoms. The molecule has 0 aliphatic rings. The molecule has 0 aliphatic heterocycles. The van der Waals surface area contributed by atoms with Crippen molar-refractivity contribution < 1.29 is 9.90 Å². The van der Waals surface area contributed by atoms with Gasteiger partial charge in [0.05, 0.1) is 6.10 Å². The van der Waals surface area contributed by atoms with Crippen molar-refractivity contribution in [1.29, 1.82) is 0 Å². The molecule has 0 fully saturated rings. The summed E-state index contributed by atoms with van der Waals surface area (Å²) in [5, 5.41) is 10.7. The number of nitrogens with zero attached hydrogens (tertiary/aromatic N) is 1. The summed E-state index contributed by atoms with van der Waals surface area (Å²) in [7, 11) is 0. The Bertz CT molecular complexity index is 644. The van der Waals surface area contributed by atoms with Crippen molar-refractivity contribution in [2.45, 2.75) is 52.7 Å². The first-order valence-electron chi connectivity index (χ1n) is 7.93. The Morgan fingerprint density at radius 3 is 2.68 bits per heavy atom. The van der Waals surface area contributed by atoms with Gasteiger partial charge in [-0.3, -0.25) is 4.79 Å². The maximum Gasteiger partial charge on any atom is 0.223 e. The zero-order valence-corrected chi connectivity index (χ0v) is 13.9. The molecule has 0 radical (unpaired) electrons. The van der Waals surface area contributed by atoms with Crippen molar-refractivity contribution >= 4 is 16.8 Å². The summed E-state index contributed by atoms with van der Waals surface area (Å²) in [6.07, 6.45) is 2.68. The van der Waals surface area contributed by atoms with Gasteiger partial charge < -0.3 is 15.0 Å². The molecular formula is C18H26N2O2. The molecule has 120 valence electrons. The topological polar surface area (TPSA) is 56.3 Å². The van der Waals surface area contributed by atoms with Gasteiger partial charge in [0, 0.05) is 36.1 Å². The van der Waals surface area contributed by atoms with Gasteiger partial charge in [0.25, 0.3) is 0 Å². The average Bonchev–Trinajstić information content (AvgIpc) is 2.86. The monoisotopic (exact) mass is 302 g/mol. The molecule has 0 aliphatic carbocycles. The van der Waals surface area contributed by atoms with Gasteiger partial charge in [-0.1, -0.05) is 18.2 Å². The summed E-state index contributed by atoms with van der Waals surface area (Å²) in [5.41, 5.74) is 3.54. The van der Waals surface area contributed by atoms with Crippen LogP contribution < -0.4 is 0 Å². The number of aryl methyl sites for hydroxylation is 2. The van der Waals surface area contributed by atoms with Crippen molar-refractivity contribution in [3.05, 3.63) is 35.5 Å². The van der Waals surface area contributed by atoms with E-state index in [1.165, 1.54) is 16.5 Å². The Morgan fingerprint density at radius 2 is 2.05 bits per heavy atom. The molecule has 0 bridgehead atoms. The highest BCUT2D eigenvalue weighted by Gasteiger charge is 2.19. The number of aliphatic hydroxyl groups excluding tert-OH is 1. The summed E-state index contributed by atoms with van der Waals surface area (Å²) in [4.78, 5) is 17.5. The molecule has 1 heterocycles. The maximum atomic E-state index is 12.4. The molecule has 1 aromatic carbocycles. The van der Waals surface area contributed by atoms with Crippen LogP contribution in [0.25, 0.3) is 10.9 Å². The largest absolute Gasteiger partial charge is 0.392 e. The van der Waals surface area contributed by atoms with Crippen LogP contribution in [0.5, 0.6) is 0 Å². The number of amides is 1. The second-order valence-corrected chi connectivity index (χ2v) is 6.30. The third-order valence-corrected chi connectivity index (χ3v) is 4.02. The summed E-state index contributed by atoms with van der Waals surface area (Å²) in [5.74, 6) is 0.0953. The van der Waals surface area contributed by atoms with Crippen LogP contribution in [-0.2, 0) is 11.2 Å². The number of carbonyl (C=O) groups is 1. The number of nitrogens with one attached hydrogen (secondary N) is 1. The van der Waals surface area contributed by atoms with Gasteiger partial charge in [-0.2, -0.15) is 0 Å². The van der Waals surface area contributed by atoms with E-state index in [4.69, 9.17) is 0 Å². The Labute approximate surface area is 132 Å². The molecule has 2 N–H and O–H groups in total. The van der Waals surface area contributed by atoms with Gasteiger partial charge in [-0.25, -0.2) is 0 Å². The van der Waals surface area contributed by atoms with E-state index in [-0.39, 0.29) is 11.9 Å². The number of hydrogen-bond acceptors (Lipinski definition) is 2. The molecule has 4 nitrogen and oxygen atoms in total. The lowest BCUT2D eigenvalue weighted by molar-refractivity contribution is -0.134. The molecule has 1 amide bonds. The van der Waals surface area contributed by atoms with Crippen LogP contribution in [0.3, 0.4) is 0 Å². The highest BCUT2D eigenvalue weighted by Crippen LogP contribution is 2.22. The van der Waals surface area contributed by atoms with Crippen molar-refractivity contribution in [2.75, 3.05) is 6.54 Å². The van der Waals surface area contributed by atoms with E-state index >= 15 is 0 Å². The number of aromatic amines is 1. The lowest BCUT2D eigenvalue weighted by atomic mass is 10.1. The fraction of sp³-hybridized carbons (Fsp3) is 0.500. The minimum absolute atomic E-state index is 0.0953. The summed E-state index contributed by atoms with van der Waals surface area (Å²) < 4.78 is 0. The maximum absolute atomic E-state index is 12.4. The number of carbonyl (C=O) groups excluding carboxylic acids is 1. The van der Waals surface area contributed by atoms with Crippen molar-refractivity contribution in [1.82, 2.24) is 9.88 Å². The normalized spacial score (nSPS) is 12.8. The zero-order chi connectivity index (χ0) is 16.3. The van der Waals surface area contributed by atoms with E-state index < -0.39 is 6.10 Å². The van der Waals surface area contributed by atoms with Gasteiger partial charge in [-0.05, 0) is 45.2 Å². The highest BCUT2D eigenvalue weighted by atomic mass is 16.3. The first-order valence-corrected chi connectivity index (χ1v) is 7.93. The van der Waals surface area contributed by atoms with Crippen LogP contribution in [0, 0.1) is 6.92 Å². The minimum atomic E-state index is -0.498. The average molecular weight is 302 g/mol. The quantitative estimate of drug-likeness (QED) is 0.862. The first-order chi connectivity index (χ1) is 10.4. The fourth-order valence-corrected chi connectivity index (χ4v) is 2.84. The Kier molecular flexibility index (Phi) is 5.24. The van der Waals surface area contributed by atoms with Crippen LogP contribution in [0.4, 0.5) is 0 Å². The molecule has 0 spiro atoms. The van der Waals surface area contributed by atoms with Crippen LogP contribution in [0.2, 0.25) is 0 Å². The van der Waals surface area contributed by atoms with E-state index in [9.17, 15) is 9.90 Å². The Balaban J connectivity index is 2.07. The molecule has 22 heavy (non-hydrogen) atoms. The Hall–Kier alpha value is -1.81. The SMILES string of the molecule is Cc1cccc2c(CCC(=O)N(CC(C)O)C(C)C)c[nH]c12. The number of fused-ring (bicyclic) bond motifs is 1. The van der Waals surface area contributed by atoms with Crippen LogP contribution in [0.15, 0.2) is 24.4 Å². The van der Waals surface area contributed by atoms with Gasteiger partial charge in [0.2, 0.25) is 5.91 Å². The number of para-hydroxylation sites is 1. The van der Waals surface area contributed by atoms with Crippen molar-refractivity contribution in [2.24, 2.45) is 0 Å². The lowest BCUT2D eigenvalue weighted by Crippen LogP contribution is -2.41. The van der Waals surface area contributed by atoms with Crippen molar-refractivity contribution in [3.63, 3.8) is 0 Å². The van der Waals surface area contributed by atoms with Crippen LogP contribution >= 0.6 is 0 Å². The molecule has 1 aromatic heterocycles. The van der Waals surface area contributed by atoms with E-state index in [1.807, 2.05) is 26.1 Å². The molecule has 0 saturated heterocycles. The highest BCUT2D eigenvalue weighted by molar-refractivity contribution is 5.86. The molecule has 0 saturated carbocycles. The molecule has 1 atom stereocenters. The number of aromatic nitrogens is 1. The van der Waals surface area contributed by atoms with E-state index in [1.54, 1.807) is 11.8 Å². The van der Waals surface area contributed by atoms with Gasteiger partial charge in [0.1, 0.15) is 0 Å². The number of benzene rings is 1. The number of rotatable bonds is 6. The number of hydrogen-bond donors (Lipinski definition) is 2. The fourth-order valence-electron chi connectivity index (χ4n) is 2.84. The summed E-state index contributed by atoms with van der Waals surface area (Å²) >= 11 is 0. The predicted octanol–water partition coefficient (Wildman–Crippen LogP) is 3.03. The summed E-state index contributed by atoms with van der Waals surface area (Å²) in [6, 6.07) is 6.32. The second-order valence-electron chi connectivity index (χ2n) is 6.30. The molecule has 2 rings (SSSR count).